The van der Waals surface area contributed by atoms with Crippen LogP contribution in [0.3, 0.4) is 0 Å². The Labute approximate surface area is 178 Å². The second kappa shape index (κ2) is 8.90. The van der Waals surface area contributed by atoms with Gasteiger partial charge < -0.3 is 19.5 Å². The van der Waals surface area contributed by atoms with Crippen molar-refractivity contribution in [2.24, 2.45) is 0 Å². The number of rotatable bonds is 4. The summed E-state index contributed by atoms with van der Waals surface area (Å²) in [6.07, 6.45) is 5.95. The molecule has 0 spiro atoms. The van der Waals surface area contributed by atoms with E-state index in [1.54, 1.807) is 12.4 Å². The molecule has 3 rings (SSSR count). The minimum atomic E-state index is -0.546. The summed E-state index contributed by atoms with van der Waals surface area (Å²) < 4.78 is 7.39. The maximum Gasteiger partial charge on any atom is 0.407 e. The van der Waals surface area contributed by atoms with Crippen molar-refractivity contribution in [3.63, 3.8) is 0 Å². The summed E-state index contributed by atoms with van der Waals surface area (Å²) in [4.78, 5) is 31.6. The van der Waals surface area contributed by atoms with Gasteiger partial charge in [0.1, 0.15) is 5.60 Å². The predicted molar refractivity (Wildman–Crippen MR) is 116 cm³/mol. The third-order valence-corrected chi connectivity index (χ3v) is 5.33. The van der Waals surface area contributed by atoms with Gasteiger partial charge in [-0.3, -0.25) is 9.78 Å². The number of hydrogen-bond donors (Lipinski definition) is 1. The Balaban J connectivity index is 1.77. The summed E-state index contributed by atoms with van der Waals surface area (Å²) in [6, 6.07) is 5.77. The molecule has 162 valence electrons. The fourth-order valence-electron chi connectivity index (χ4n) is 4.01. The Morgan fingerprint density at radius 1 is 1.27 bits per heavy atom. The molecule has 7 nitrogen and oxygen atoms in total. The van der Waals surface area contributed by atoms with Crippen molar-refractivity contribution in [3.8, 4) is 5.69 Å². The smallest absolute Gasteiger partial charge is 0.407 e. The van der Waals surface area contributed by atoms with Crippen molar-refractivity contribution in [1.82, 2.24) is 19.8 Å². The van der Waals surface area contributed by atoms with E-state index in [-0.39, 0.29) is 11.9 Å². The number of hydrogen-bond acceptors (Lipinski definition) is 4. The van der Waals surface area contributed by atoms with Crippen molar-refractivity contribution in [2.75, 3.05) is 13.1 Å². The van der Waals surface area contributed by atoms with Crippen LogP contribution in [-0.4, -0.2) is 51.2 Å². The lowest BCUT2D eigenvalue weighted by Gasteiger charge is -2.36. The molecule has 0 bridgehead atoms. The molecule has 0 aromatic carbocycles. The number of aromatic nitrogens is 2. The van der Waals surface area contributed by atoms with Crippen molar-refractivity contribution in [1.29, 1.82) is 0 Å². The SMILES string of the molecule is Cc1cc(C(=O)N2CCCCC2CNC(=O)OC(C)(C)C)c(C)n1-c1cccnc1. The maximum atomic E-state index is 13.5. The summed E-state index contributed by atoms with van der Waals surface area (Å²) in [6.45, 7) is 10.5. The molecule has 2 amide bonds. The lowest BCUT2D eigenvalue weighted by atomic mass is 10.0. The zero-order valence-corrected chi connectivity index (χ0v) is 18.6. The largest absolute Gasteiger partial charge is 0.444 e. The van der Waals surface area contributed by atoms with E-state index in [0.717, 1.165) is 36.3 Å². The predicted octanol–water partition coefficient (Wildman–Crippen LogP) is 4.01. The monoisotopic (exact) mass is 412 g/mol. The average molecular weight is 413 g/mol. The first-order valence-corrected chi connectivity index (χ1v) is 10.5. The highest BCUT2D eigenvalue weighted by molar-refractivity contribution is 5.96. The van der Waals surface area contributed by atoms with Gasteiger partial charge in [0.2, 0.25) is 0 Å². The molecule has 1 unspecified atom stereocenters. The highest BCUT2D eigenvalue weighted by Crippen LogP contribution is 2.25. The number of amides is 2. The number of pyridine rings is 1. The molecular weight excluding hydrogens is 380 g/mol. The molecule has 0 aliphatic carbocycles. The summed E-state index contributed by atoms with van der Waals surface area (Å²) in [5.74, 6) is 0.00827. The first-order valence-electron chi connectivity index (χ1n) is 10.5. The van der Waals surface area contributed by atoms with Gasteiger partial charge in [-0.05, 0) is 72.1 Å². The number of alkyl carbamates (subject to hydrolysis) is 1. The third kappa shape index (κ3) is 5.01. The molecule has 0 saturated carbocycles. The van der Waals surface area contributed by atoms with E-state index in [1.807, 2.05) is 57.7 Å². The van der Waals surface area contributed by atoms with Crippen LogP contribution in [0.4, 0.5) is 4.79 Å². The van der Waals surface area contributed by atoms with E-state index in [0.29, 0.717) is 18.7 Å². The molecule has 7 heteroatoms. The summed E-state index contributed by atoms with van der Waals surface area (Å²) >= 11 is 0. The van der Waals surface area contributed by atoms with E-state index in [2.05, 4.69) is 14.9 Å². The van der Waals surface area contributed by atoms with Gasteiger partial charge in [-0.15, -0.1) is 0 Å². The van der Waals surface area contributed by atoms with Crippen LogP contribution in [0.1, 0.15) is 61.8 Å². The first-order chi connectivity index (χ1) is 14.2. The van der Waals surface area contributed by atoms with Gasteiger partial charge >= 0.3 is 6.09 Å². The lowest BCUT2D eigenvalue weighted by molar-refractivity contribution is 0.0462. The average Bonchev–Trinajstić information content (AvgIpc) is 2.99. The number of piperidine rings is 1. The fourth-order valence-corrected chi connectivity index (χ4v) is 4.01. The Bertz CT molecular complexity index is 899. The van der Waals surface area contributed by atoms with E-state index < -0.39 is 11.7 Å². The molecule has 1 saturated heterocycles. The summed E-state index contributed by atoms with van der Waals surface area (Å²) in [7, 11) is 0. The van der Waals surface area contributed by atoms with Crippen LogP contribution >= 0.6 is 0 Å². The van der Waals surface area contributed by atoms with Gasteiger partial charge in [0.05, 0.1) is 17.4 Å². The molecule has 1 aliphatic heterocycles. The molecule has 2 aromatic rings. The van der Waals surface area contributed by atoms with Gasteiger partial charge in [0.15, 0.2) is 0 Å². The number of ether oxygens (including phenoxy) is 1. The number of nitrogens with zero attached hydrogens (tertiary/aromatic N) is 3. The molecule has 0 radical (unpaired) electrons. The van der Waals surface area contributed by atoms with Crippen molar-refractivity contribution < 1.29 is 14.3 Å². The van der Waals surface area contributed by atoms with Gasteiger partial charge in [-0.2, -0.15) is 0 Å². The molecule has 1 N–H and O–H groups in total. The molecule has 2 aromatic heterocycles. The van der Waals surface area contributed by atoms with Crippen LogP contribution < -0.4 is 5.32 Å². The van der Waals surface area contributed by atoms with Crippen molar-refractivity contribution in [3.05, 3.63) is 47.5 Å². The molecule has 30 heavy (non-hydrogen) atoms. The zero-order valence-electron chi connectivity index (χ0n) is 18.6. The van der Waals surface area contributed by atoms with Crippen LogP contribution in [-0.2, 0) is 4.74 Å². The Hall–Kier alpha value is -2.83. The minimum Gasteiger partial charge on any atom is -0.444 e. The summed E-state index contributed by atoms with van der Waals surface area (Å²) in [5, 5.41) is 2.83. The molecule has 3 heterocycles. The van der Waals surface area contributed by atoms with Gasteiger partial charge in [0, 0.05) is 36.7 Å². The van der Waals surface area contributed by atoms with Crippen LogP contribution in [0, 0.1) is 13.8 Å². The van der Waals surface area contributed by atoms with Crippen LogP contribution in [0.25, 0.3) is 5.69 Å². The van der Waals surface area contributed by atoms with Crippen LogP contribution in [0.2, 0.25) is 0 Å². The second-order valence-electron chi connectivity index (χ2n) is 8.86. The maximum absolute atomic E-state index is 13.5. The zero-order chi connectivity index (χ0) is 21.9. The highest BCUT2D eigenvalue weighted by Gasteiger charge is 2.30. The topological polar surface area (TPSA) is 76.5 Å². The number of likely N-dealkylation sites (tertiary alicyclic amines) is 1. The Morgan fingerprint density at radius 3 is 2.70 bits per heavy atom. The van der Waals surface area contributed by atoms with E-state index in [4.69, 9.17) is 4.74 Å². The third-order valence-electron chi connectivity index (χ3n) is 5.33. The lowest BCUT2D eigenvalue weighted by Crippen LogP contribution is -2.50. The molecule has 1 aliphatic rings. The number of aryl methyl sites for hydroxylation is 1. The van der Waals surface area contributed by atoms with Gasteiger partial charge in [-0.25, -0.2) is 4.79 Å². The van der Waals surface area contributed by atoms with E-state index in [9.17, 15) is 9.59 Å². The number of carbonyl (C=O) groups excluding carboxylic acids is 2. The fraction of sp³-hybridized carbons (Fsp3) is 0.522. The second-order valence-corrected chi connectivity index (χ2v) is 8.86. The van der Waals surface area contributed by atoms with Crippen molar-refractivity contribution in [2.45, 2.75) is 65.5 Å². The highest BCUT2D eigenvalue weighted by atomic mass is 16.6. The van der Waals surface area contributed by atoms with Gasteiger partial charge in [-0.1, -0.05) is 0 Å². The Morgan fingerprint density at radius 2 is 2.03 bits per heavy atom. The molecule has 1 atom stereocenters. The quantitative estimate of drug-likeness (QED) is 0.823. The van der Waals surface area contributed by atoms with Crippen LogP contribution in [0.15, 0.2) is 30.6 Å². The standard InChI is InChI=1S/C23H32N4O3/c1-16-13-20(17(2)27(16)19-10-8-11-24-14-19)21(28)26-12-7-6-9-18(26)15-25-22(29)30-23(3,4)5/h8,10-11,13-14,18H,6-7,9,12,15H2,1-5H3,(H,25,29). The molecule has 1 fully saturated rings. The first kappa shape index (κ1) is 21.9. The molecular formula is C23H32N4O3. The number of carbonyl (C=O) groups is 2. The normalized spacial score (nSPS) is 17.0. The number of nitrogens with one attached hydrogen (secondary N) is 1. The summed E-state index contributed by atoms with van der Waals surface area (Å²) in [5.41, 5.74) is 2.98. The van der Waals surface area contributed by atoms with Gasteiger partial charge in [0.25, 0.3) is 5.91 Å². The van der Waals surface area contributed by atoms with E-state index >= 15 is 0 Å². The van der Waals surface area contributed by atoms with E-state index in [1.165, 1.54) is 0 Å². The Kier molecular flexibility index (Phi) is 6.48. The van der Waals surface area contributed by atoms with Crippen molar-refractivity contribution >= 4 is 12.0 Å². The minimum absolute atomic E-state index is 0.00827. The van der Waals surface area contributed by atoms with Crippen LogP contribution in [0.5, 0.6) is 0 Å².